The van der Waals surface area contributed by atoms with Crippen LogP contribution >= 0.6 is 0 Å². The smallest absolute Gasteiger partial charge is 0.238 e. The van der Waals surface area contributed by atoms with Gasteiger partial charge in [0.2, 0.25) is 11.8 Å². The highest BCUT2D eigenvalue weighted by atomic mass is 19.1. The van der Waals surface area contributed by atoms with Gasteiger partial charge in [-0.1, -0.05) is 6.07 Å². The zero-order valence-electron chi connectivity index (χ0n) is 11.4. The minimum absolute atomic E-state index is 0.0302. The Hall–Kier alpha value is -2.02. The molecule has 7 heteroatoms. The van der Waals surface area contributed by atoms with Gasteiger partial charge in [0.05, 0.1) is 12.5 Å². The van der Waals surface area contributed by atoms with E-state index in [4.69, 9.17) is 5.73 Å². The van der Waals surface area contributed by atoms with Crippen molar-refractivity contribution in [2.24, 2.45) is 11.7 Å². The first-order chi connectivity index (χ1) is 9.97. The van der Waals surface area contributed by atoms with Crippen molar-refractivity contribution in [1.29, 1.82) is 0 Å². The summed E-state index contributed by atoms with van der Waals surface area (Å²) in [6.07, 6.45) is 1.46. The van der Waals surface area contributed by atoms with Gasteiger partial charge >= 0.3 is 0 Å². The van der Waals surface area contributed by atoms with Crippen molar-refractivity contribution in [2.75, 3.05) is 25.0 Å². The summed E-state index contributed by atoms with van der Waals surface area (Å²) in [6, 6.07) is 3.37. The average molecular weight is 297 g/mol. The number of carbonyl (C=O) groups is 2. The Morgan fingerprint density at radius 2 is 2.00 bits per heavy atom. The highest BCUT2D eigenvalue weighted by molar-refractivity contribution is 5.92. The zero-order valence-corrected chi connectivity index (χ0v) is 11.4. The van der Waals surface area contributed by atoms with Gasteiger partial charge in [-0.2, -0.15) is 0 Å². The van der Waals surface area contributed by atoms with Crippen molar-refractivity contribution < 1.29 is 18.4 Å². The summed E-state index contributed by atoms with van der Waals surface area (Å²) in [5.74, 6) is -2.84. The van der Waals surface area contributed by atoms with Gasteiger partial charge in [0, 0.05) is 6.54 Å². The van der Waals surface area contributed by atoms with E-state index in [1.165, 1.54) is 6.07 Å². The minimum Gasteiger partial charge on any atom is -0.369 e. The molecule has 2 amide bonds. The molecule has 1 fully saturated rings. The number of piperidine rings is 1. The Morgan fingerprint density at radius 1 is 1.33 bits per heavy atom. The monoisotopic (exact) mass is 297 g/mol. The van der Waals surface area contributed by atoms with Gasteiger partial charge in [0.25, 0.3) is 0 Å². The summed E-state index contributed by atoms with van der Waals surface area (Å²) < 4.78 is 26.9. The van der Waals surface area contributed by atoms with Crippen molar-refractivity contribution in [2.45, 2.75) is 12.8 Å². The lowest BCUT2D eigenvalue weighted by Crippen LogP contribution is -2.44. The molecule has 5 nitrogen and oxygen atoms in total. The molecule has 1 heterocycles. The predicted molar refractivity (Wildman–Crippen MR) is 73.3 cm³/mol. The molecule has 0 unspecified atom stereocenters. The first-order valence-corrected chi connectivity index (χ1v) is 6.73. The number of halogens is 2. The standard InChI is InChI=1S/C14H17F2N3O2/c15-10-4-1-5-11(16)13(10)18-12(20)8-19-6-2-3-9(7-19)14(17)21/h1,4-5,9H,2-3,6-8H2,(H2,17,21)(H,18,20)/t9-/m0/s1. The van der Waals surface area contributed by atoms with Gasteiger partial charge in [0.1, 0.15) is 17.3 Å². The van der Waals surface area contributed by atoms with Crippen LogP contribution in [0.15, 0.2) is 18.2 Å². The van der Waals surface area contributed by atoms with Crippen molar-refractivity contribution in [3.05, 3.63) is 29.8 Å². The second-order valence-electron chi connectivity index (χ2n) is 5.12. The van der Waals surface area contributed by atoms with Crippen LogP contribution in [0.5, 0.6) is 0 Å². The maximum absolute atomic E-state index is 13.4. The highest BCUT2D eigenvalue weighted by Crippen LogP contribution is 2.19. The van der Waals surface area contributed by atoms with E-state index in [0.717, 1.165) is 18.6 Å². The molecule has 1 aromatic rings. The van der Waals surface area contributed by atoms with Crippen LogP contribution in [0.25, 0.3) is 0 Å². The Balaban J connectivity index is 1.94. The second-order valence-corrected chi connectivity index (χ2v) is 5.12. The van der Waals surface area contributed by atoms with Crippen LogP contribution in [-0.2, 0) is 9.59 Å². The zero-order chi connectivity index (χ0) is 15.4. The SMILES string of the molecule is NC(=O)[C@H]1CCCN(CC(=O)Nc2c(F)cccc2F)C1. The molecule has 1 aliphatic heterocycles. The maximum atomic E-state index is 13.4. The quantitative estimate of drug-likeness (QED) is 0.874. The first kappa shape index (κ1) is 15.4. The Kier molecular flexibility index (Phi) is 4.85. The molecule has 0 spiro atoms. The molecule has 0 bridgehead atoms. The number of para-hydroxylation sites is 1. The fourth-order valence-electron chi connectivity index (χ4n) is 2.43. The minimum atomic E-state index is -0.822. The number of nitrogens with one attached hydrogen (secondary N) is 1. The van der Waals surface area contributed by atoms with E-state index >= 15 is 0 Å². The fourth-order valence-corrected chi connectivity index (χ4v) is 2.43. The average Bonchev–Trinajstić information content (AvgIpc) is 2.43. The lowest BCUT2D eigenvalue weighted by molar-refractivity contribution is -0.125. The van der Waals surface area contributed by atoms with E-state index in [0.29, 0.717) is 19.5 Å². The Bertz CT molecular complexity index is 531. The number of primary amides is 1. The molecular formula is C14H17F2N3O2. The molecule has 114 valence electrons. The molecule has 0 aromatic heterocycles. The fraction of sp³-hybridized carbons (Fsp3) is 0.429. The molecule has 1 aromatic carbocycles. The maximum Gasteiger partial charge on any atom is 0.238 e. The third-order valence-corrected chi connectivity index (χ3v) is 3.50. The van der Waals surface area contributed by atoms with E-state index in [1.54, 1.807) is 4.90 Å². The normalized spacial score (nSPS) is 19.2. The van der Waals surface area contributed by atoms with Crippen molar-refractivity contribution in [3.8, 4) is 0 Å². The molecule has 1 saturated heterocycles. The largest absolute Gasteiger partial charge is 0.369 e. The van der Waals surface area contributed by atoms with E-state index in [9.17, 15) is 18.4 Å². The molecule has 3 N–H and O–H groups in total. The van der Waals surface area contributed by atoms with Crippen LogP contribution in [0, 0.1) is 17.6 Å². The number of likely N-dealkylation sites (tertiary alicyclic amines) is 1. The van der Waals surface area contributed by atoms with Gasteiger partial charge < -0.3 is 11.1 Å². The van der Waals surface area contributed by atoms with Crippen LogP contribution in [0.1, 0.15) is 12.8 Å². The van der Waals surface area contributed by atoms with E-state index < -0.39 is 23.2 Å². The summed E-state index contributed by atoms with van der Waals surface area (Å²) in [5.41, 5.74) is 4.81. The van der Waals surface area contributed by atoms with E-state index in [-0.39, 0.29) is 18.4 Å². The first-order valence-electron chi connectivity index (χ1n) is 6.73. The molecule has 2 rings (SSSR count). The second kappa shape index (κ2) is 6.62. The number of anilines is 1. The molecule has 1 aliphatic rings. The van der Waals surface area contributed by atoms with Crippen LogP contribution < -0.4 is 11.1 Å². The Morgan fingerprint density at radius 3 is 2.62 bits per heavy atom. The van der Waals surface area contributed by atoms with E-state index in [2.05, 4.69) is 5.32 Å². The van der Waals surface area contributed by atoms with Crippen LogP contribution in [0.2, 0.25) is 0 Å². The topological polar surface area (TPSA) is 75.4 Å². The molecule has 0 radical (unpaired) electrons. The van der Waals surface area contributed by atoms with Crippen LogP contribution in [-0.4, -0.2) is 36.3 Å². The van der Waals surface area contributed by atoms with Crippen molar-refractivity contribution in [1.82, 2.24) is 4.90 Å². The molecule has 0 saturated carbocycles. The molecular weight excluding hydrogens is 280 g/mol. The lowest BCUT2D eigenvalue weighted by Gasteiger charge is -2.30. The van der Waals surface area contributed by atoms with Gasteiger partial charge in [-0.25, -0.2) is 8.78 Å². The molecule has 1 atom stereocenters. The highest BCUT2D eigenvalue weighted by Gasteiger charge is 2.25. The van der Waals surface area contributed by atoms with Crippen LogP contribution in [0.4, 0.5) is 14.5 Å². The molecule has 21 heavy (non-hydrogen) atoms. The summed E-state index contributed by atoms with van der Waals surface area (Å²) in [6.45, 7) is 1.01. The number of hydrogen-bond acceptors (Lipinski definition) is 3. The number of nitrogens with two attached hydrogens (primary N) is 1. The van der Waals surface area contributed by atoms with Crippen LogP contribution in [0.3, 0.4) is 0 Å². The van der Waals surface area contributed by atoms with Gasteiger partial charge in [-0.15, -0.1) is 0 Å². The van der Waals surface area contributed by atoms with E-state index in [1.807, 2.05) is 0 Å². The predicted octanol–water partition coefficient (Wildman–Crippen LogP) is 1.10. The summed E-state index contributed by atoms with van der Waals surface area (Å²) in [4.78, 5) is 24.8. The molecule has 0 aliphatic carbocycles. The number of carbonyl (C=O) groups excluding carboxylic acids is 2. The third-order valence-electron chi connectivity index (χ3n) is 3.50. The van der Waals surface area contributed by atoms with Crippen molar-refractivity contribution in [3.63, 3.8) is 0 Å². The van der Waals surface area contributed by atoms with Crippen molar-refractivity contribution >= 4 is 17.5 Å². The summed E-state index contributed by atoms with van der Waals surface area (Å²) in [7, 11) is 0. The van der Waals surface area contributed by atoms with Gasteiger partial charge in [-0.3, -0.25) is 14.5 Å². The number of benzene rings is 1. The summed E-state index contributed by atoms with van der Waals surface area (Å²) >= 11 is 0. The third kappa shape index (κ3) is 3.98. The van der Waals surface area contributed by atoms with Gasteiger partial charge in [-0.05, 0) is 31.5 Å². The number of rotatable bonds is 4. The lowest BCUT2D eigenvalue weighted by atomic mass is 9.97. The number of hydrogen-bond donors (Lipinski definition) is 2. The Labute approximate surface area is 121 Å². The summed E-state index contributed by atoms with van der Waals surface area (Å²) in [5, 5.41) is 2.22. The number of amides is 2. The van der Waals surface area contributed by atoms with Gasteiger partial charge in [0.15, 0.2) is 0 Å². The number of nitrogens with zero attached hydrogens (tertiary/aromatic N) is 1.